The molecule has 24 heavy (non-hydrogen) atoms. The molecule has 0 spiro atoms. The number of methoxy groups -OCH3 is 1. The van der Waals surface area contributed by atoms with Crippen molar-refractivity contribution in [2.75, 3.05) is 19.1 Å². The molecule has 1 unspecified atom stereocenters. The van der Waals surface area contributed by atoms with Gasteiger partial charge in [0.25, 0.3) is 5.56 Å². The molecular formula is C17H23N4O2S+. The third-order valence-corrected chi connectivity index (χ3v) is 5.02. The molecule has 0 saturated carbocycles. The Labute approximate surface area is 146 Å². The summed E-state index contributed by atoms with van der Waals surface area (Å²) in [6, 6.07) is 8.12. The van der Waals surface area contributed by atoms with Crippen molar-refractivity contribution in [2.45, 2.75) is 32.9 Å². The van der Waals surface area contributed by atoms with Gasteiger partial charge in [-0.1, -0.05) is 6.92 Å². The summed E-state index contributed by atoms with van der Waals surface area (Å²) in [5.74, 6) is 1.57. The van der Waals surface area contributed by atoms with E-state index in [4.69, 9.17) is 17.0 Å². The molecule has 2 aromatic rings. The normalized spacial score (nSPS) is 17.7. The van der Waals surface area contributed by atoms with Crippen molar-refractivity contribution in [2.24, 2.45) is 0 Å². The van der Waals surface area contributed by atoms with E-state index in [1.54, 1.807) is 7.11 Å². The van der Waals surface area contributed by atoms with Crippen molar-refractivity contribution in [3.63, 3.8) is 0 Å². The summed E-state index contributed by atoms with van der Waals surface area (Å²) >= 11 is 5.40. The molecule has 7 heteroatoms. The second-order valence-corrected chi connectivity index (χ2v) is 6.50. The second kappa shape index (κ2) is 6.78. The van der Waals surface area contributed by atoms with Gasteiger partial charge in [-0.15, -0.1) is 0 Å². The molecule has 0 radical (unpaired) electrons. The van der Waals surface area contributed by atoms with E-state index in [0.29, 0.717) is 17.4 Å². The molecular weight excluding hydrogens is 324 g/mol. The van der Waals surface area contributed by atoms with Crippen LogP contribution in [0.2, 0.25) is 0 Å². The van der Waals surface area contributed by atoms with Crippen LogP contribution in [0.1, 0.15) is 25.8 Å². The Balaban J connectivity index is 2.09. The lowest BCUT2D eigenvalue weighted by atomic mass is 10.1. The molecule has 1 aliphatic heterocycles. The van der Waals surface area contributed by atoms with E-state index in [-0.39, 0.29) is 5.56 Å². The molecule has 1 aromatic heterocycles. The van der Waals surface area contributed by atoms with Crippen LogP contribution < -0.4 is 20.5 Å². The number of benzene rings is 1. The maximum Gasteiger partial charge on any atom is 0.262 e. The Kier molecular flexibility index (Phi) is 4.73. The summed E-state index contributed by atoms with van der Waals surface area (Å²) in [5.41, 5.74) is 1.54. The monoisotopic (exact) mass is 347 g/mol. The van der Waals surface area contributed by atoms with E-state index in [2.05, 4.69) is 24.1 Å². The smallest absolute Gasteiger partial charge is 0.262 e. The number of quaternary nitrogens is 1. The third-order valence-electron chi connectivity index (χ3n) is 4.73. The van der Waals surface area contributed by atoms with E-state index in [9.17, 15) is 4.79 Å². The van der Waals surface area contributed by atoms with E-state index in [1.807, 2.05) is 28.8 Å². The lowest BCUT2D eigenvalue weighted by molar-refractivity contribution is -0.935. The summed E-state index contributed by atoms with van der Waals surface area (Å²) in [5, 5.41) is 3.41. The summed E-state index contributed by atoms with van der Waals surface area (Å²) < 4.78 is 7.49. The van der Waals surface area contributed by atoms with Gasteiger partial charge in [0.05, 0.1) is 18.8 Å². The molecule has 2 heterocycles. The van der Waals surface area contributed by atoms with Crippen molar-refractivity contribution >= 4 is 18.0 Å². The van der Waals surface area contributed by atoms with Gasteiger partial charge in [-0.25, -0.2) is 0 Å². The molecule has 3 N–H and O–H groups in total. The molecule has 0 bridgehead atoms. The molecule has 1 aliphatic rings. The topological polar surface area (TPSA) is 63.5 Å². The minimum Gasteiger partial charge on any atom is -0.497 e. The van der Waals surface area contributed by atoms with Gasteiger partial charge in [0, 0.05) is 0 Å². The fourth-order valence-electron chi connectivity index (χ4n) is 3.02. The number of aromatic nitrogens is 2. The van der Waals surface area contributed by atoms with Gasteiger partial charge in [-0.3, -0.25) is 14.3 Å². The highest BCUT2D eigenvalue weighted by Crippen LogP contribution is 2.21. The SMILES string of the molecule is CC[C@@H](C)[NH+]1CNc2c(c(=O)[nH]c(=S)n2-c2ccc(OC)cc2)C1. The average Bonchev–Trinajstić information content (AvgIpc) is 2.61. The first-order valence-electron chi connectivity index (χ1n) is 8.16. The molecule has 6 nitrogen and oxygen atoms in total. The fourth-order valence-corrected chi connectivity index (χ4v) is 3.31. The zero-order valence-corrected chi connectivity index (χ0v) is 15.0. The summed E-state index contributed by atoms with van der Waals surface area (Å²) in [7, 11) is 1.64. The second-order valence-electron chi connectivity index (χ2n) is 6.12. The maximum atomic E-state index is 12.4. The first-order valence-corrected chi connectivity index (χ1v) is 8.57. The van der Waals surface area contributed by atoms with Crippen molar-refractivity contribution < 1.29 is 9.64 Å². The van der Waals surface area contributed by atoms with Gasteiger partial charge < -0.3 is 15.0 Å². The number of nitrogens with one attached hydrogen (secondary N) is 3. The van der Waals surface area contributed by atoms with E-state index in [0.717, 1.165) is 35.9 Å². The summed E-state index contributed by atoms with van der Waals surface area (Å²) in [4.78, 5) is 16.6. The molecule has 0 saturated heterocycles. The predicted octanol–water partition coefficient (Wildman–Crippen LogP) is 1.47. The van der Waals surface area contributed by atoms with Crippen molar-refractivity contribution in [1.29, 1.82) is 0 Å². The van der Waals surface area contributed by atoms with Crippen LogP contribution in [0.25, 0.3) is 5.69 Å². The van der Waals surface area contributed by atoms with Crippen LogP contribution in [-0.2, 0) is 6.54 Å². The zero-order valence-electron chi connectivity index (χ0n) is 14.2. The molecule has 0 amide bonds. The van der Waals surface area contributed by atoms with E-state index in [1.165, 1.54) is 4.90 Å². The minimum atomic E-state index is -0.104. The maximum absolute atomic E-state index is 12.4. The van der Waals surface area contributed by atoms with Crippen LogP contribution in [0.3, 0.4) is 0 Å². The first-order chi connectivity index (χ1) is 11.5. The van der Waals surface area contributed by atoms with Gasteiger partial charge in [-0.2, -0.15) is 0 Å². The highest BCUT2D eigenvalue weighted by molar-refractivity contribution is 7.71. The Morgan fingerprint density at radius 1 is 1.38 bits per heavy atom. The summed E-state index contributed by atoms with van der Waals surface area (Å²) in [6.45, 7) is 5.84. The number of H-pyrrole nitrogens is 1. The van der Waals surface area contributed by atoms with E-state index < -0.39 is 0 Å². The number of hydrogen-bond acceptors (Lipinski definition) is 4. The number of anilines is 1. The zero-order chi connectivity index (χ0) is 17.3. The van der Waals surface area contributed by atoms with Gasteiger partial charge in [-0.05, 0) is 49.8 Å². The van der Waals surface area contributed by atoms with Gasteiger partial charge >= 0.3 is 0 Å². The van der Waals surface area contributed by atoms with Crippen LogP contribution >= 0.6 is 12.2 Å². The molecule has 2 atom stereocenters. The molecule has 1 aromatic carbocycles. The highest BCUT2D eigenvalue weighted by Gasteiger charge is 2.27. The van der Waals surface area contributed by atoms with Crippen LogP contribution in [-0.4, -0.2) is 29.4 Å². The lowest BCUT2D eigenvalue weighted by Gasteiger charge is -2.32. The van der Waals surface area contributed by atoms with Crippen molar-refractivity contribution in [3.05, 3.63) is 45.0 Å². The van der Waals surface area contributed by atoms with E-state index >= 15 is 0 Å². The van der Waals surface area contributed by atoms with Crippen molar-refractivity contribution in [3.8, 4) is 11.4 Å². The fraction of sp³-hybridized carbons (Fsp3) is 0.412. The molecule has 0 aliphatic carbocycles. The molecule has 128 valence electrons. The number of rotatable bonds is 4. The number of hydrogen-bond donors (Lipinski definition) is 3. The Morgan fingerprint density at radius 3 is 2.71 bits per heavy atom. The largest absolute Gasteiger partial charge is 0.497 e. The molecule has 0 fully saturated rings. The Bertz CT molecular complexity index is 841. The number of fused-ring (bicyclic) bond motifs is 1. The van der Waals surface area contributed by atoms with Crippen LogP contribution in [0, 0.1) is 4.77 Å². The quantitative estimate of drug-likeness (QED) is 0.733. The average molecular weight is 347 g/mol. The Morgan fingerprint density at radius 2 is 2.08 bits per heavy atom. The van der Waals surface area contributed by atoms with Gasteiger partial charge in [0.15, 0.2) is 11.4 Å². The molecule has 3 rings (SSSR count). The van der Waals surface area contributed by atoms with Gasteiger partial charge in [0.2, 0.25) is 0 Å². The third kappa shape index (κ3) is 2.97. The van der Waals surface area contributed by atoms with Crippen molar-refractivity contribution in [1.82, 2.24) is 9.55 Å². The first kappa shape index (κ1) is 16.7. The minimum absolute atomic E-state index is 0.104. The summed E-state index contributed by atoms with van der Waals surface area (Å²) in [6.07, 6.45) is 1.07. The lowest BCUT2D eigenvalue weighted by Crippen LogP contribution is -3.16. The number of nitrogens with zero attached hydrogens (tertiary/aromatic N) is 1. The van der Waals surface area contributed by atoms with Crippen LogP contribution in [0.5, 0.6) is 5.75 Å². The number of aromatic amines is 1. The van der Waals surface area contributed by atoms with Crippen LogP contribution in [0.15, 0.2) is 29.1 Å². The standard InChI is InChI=1S/C17H22N4O2S/c1-4-11(2)20-9-14-15(18-10-20)21(17(24)19-16(14)22)12-5-7-13(23-3)8-6-12/h5-8,11,18H,4,9-10H2,1-3H3,(H,19,22,24)/p+1/t11-/m1/s1. The highest BCUT2D eigenvalue weighted by atomic mass is 32.1. The number of ether oxygens (including phenoxy) is 1. The van der Waals surface area contributed by atoms with Gasteiger partial charge in [0.1, 0.15) is 23.7 Å². The predicted molar refractivity (Wildman–Crippen MR) is 96.7 cm³/mol. The van der Waals surface area contributed by atoms with Crippen LogP contribution in [0.4, 0.5) is 5.82 Å². The Hall–Kier alpha value is -2.12.